The molecule has 1 aromatic rings. The predicted octanol–water partition coefficient (Wildman–Crippen LogP) is 8.03. The number of methoxy groups -OCH3 is 1. The molecule has 2 N–H and O–H groups in total. The smallest absolute Gasteiger partial charge is 0.163 e. The van der Waals surface area contributed by atoms with E-state index in [0.29, 0.717) is 11.7 Å². The van der Waals surface area contributed by atoms with Crippen molar-refractivity contribution in [2.75, 3.05) is 7.11 Å². The number of allylic oxidation sites excluding steroid dienone is 2. The van der Waals surface area contributed by atoms with Crippen LogP contribution in [0.15, 0.2) is 23.8 Å². The van der Waals surface area contributed by atoms with Crippen LogP contribution < -0.4 is 4.74 Å². The van der Waals surface area contributed by atoms with Gasteiger partial charge in [-0.3, -0.25) is 0 Å². The Morgan fingerprint density at radius 1 is 0.867 bits per heavy atom. The van der Waals surface area contributed by atoms with E-state index in [4.69, 9.17) is 4.74 Å². The summed E-state index contributed by atoms with van der Waals surface area (Å²) in [5, 5.41) is 19.7. The lowest BCUT2D eigenvalue weighted by Crippen LogP contribution is -2.02. The molecule has 1 rings (SSSR count). The van der Waals surface area contributed by atoms with Crippen molar-refractivity contribution in [2.24, 2.45) is 17.8 Å². The zero-order chi connectivity index (χ0) is 22.5. The van der Waals surface area contributed by atoms with Gasteiger partial charge in [0.05, 0.1) is 7.11 Å². The summed E-state index contributed by atoms with van der Waals surface area (Å²) >= 11 is 0. The van der Waals surface area contributed by atoms with Gasteiger partial charge in [0, 0.05) is 11.6 Å². The Morgan fingerprint density at radius 2 is 1.40 bits per heavy atom. The molecule has 3 unspecified atom stereocenters. The van der Waals surface area contributed by atoms with Crippen molar-refractivity contribution in [1.29, 1.82) is 0 Å². The summed E-state index contributed by atoms with van der Waals surface area (Å²) in [5.74, 6) is 2.87. The van der Waals surface area contributed by atoms with Gasteiger partial charge in [-0.25, -0.2) is 0 Å². The van der Waals surface area contributed by atoms with Gasteiger partial charge < -0.3 is 14.9 Å². The first-order valence-electron chi connectivity index (χ1n) is 11.9. The second-order valence-corrected chi connectivity index (χ2v) is 9.73. The van der Waals surface area contributed by atoms with Crippen molar-refractivity contribution in [1.82, 2.24) is 0 Å². The molecule has 3 heteroatoms. The zero-order valence-corrected chi connectivity index (χ0v) is 20.3. The fraction of sp³-hybridized carbons (Fsp3) is 0.704. The normalized spacial score (nSPS) is 14.2. The standard InChI is InChI=1S/C27H46O3/c1-20(2)10-7-11-21(3)12-8-13-22(4)14-9-15-23(5)16-17-24-18-25(28)19-26(29)27(24)30-6/h10,18-19,21-23,28-29H,7-9,11-17H2,1-6H3. The summed E-state index contributed by atoms with van der Waals surface area (Å²) in [5.41, 5.74) is 2.32. The van der Waals surface area contributed by atoms with Crippen LogP contribution in [-0.4, -0.2) is 17.3 Å². The maximum atomic E-state index is 9.92. The molecule has 0 aliphatic rings. The van der Waals surface area contributed by atoms with Crippen LogP contribution in [-0.2, 0) is 6.42 Å². The third-order valence-electron chi connectivity index (χ3n) is 6.24. The lowest BCUT2D eigenvalue weighted by molar-refractivity contribution is 0.360. The quantitative estimate of drug-likeness (QED) is 0.283. The van der Waals surface area contributed by atoms with Gasteiger partial charge in [-0.15, -0.1) is 0 Å². The van der Waals surface area contributed by atoms with E-state index < -0.39 is 0 Å². The summed E-state index contributed by atoms with van der Waals surface area (Å²) in [7, 11) is 1.56. The van der Waals surface area contributed by atoms with E-state index in [9.17, 15) is 10.2 Å². The van der Waals surface area contributed by atoms with E-state index in [2.05, 4.69) is 40.7 Å². The average molecular weight is 419 g/mol. The van der Waals surface area contributed by atoms with E-state index >= 15 is 0 Å². The molecule has 1 aromatic carbocycles. The minimum absolute atomic E-state index is 0.0141. The van der Waals surface area contributed by atoms with Crippen molar-refractivity contribution in [3.05, 3.63) is 29.3 Å². The van der Waals surface area contributed by atoms with Crippen LogP contribution in [0.3, 0.4) is 0 Å². The maximum Gasteiger partial charge on any atom is 0.163 e. The summed E-state index contributed by atoms with van der Waals surface area (Å²) < 4.78 is 5.30. The third-order valence-corrected chi connectivity index (χ3v) is 6.24. The number of benzene rings is 1. The number of phenols is 2. The van der Waals surface area contributed by atoms with Gasteiger partial charge in [0.15, 0.2) is 11.5 Å². The molecule has 0 aliphatic heterocycles. The SMILES string of the molecule is COc1c(O)cc(O)cc1CCC(C)CCCC(C)CCCC(C)CCC=C(C)C. The Kier molecular flexibility index (Phi) is 12.7. The van der Waals surface area contributed by atoms with Gasteiger partial charge in [0.2, 0.25) is 0 Å². The van der Waals surface area contributed by atoms with Crippen LogP contribution in [0.5, 0.6) is 17.2 Å². The van der Waals surface area contributed by atoms with E-state index in [1.807, 2.05) is 0 Å². The Labute approximate surface area is 185 Å². The molecule has 0 saturated carbocycles. The van der Waals surface area contributed by atoms with Crippen molar-refractivity contribution >= 4 is 0 Å². The van der Waals surface area contributed by atoms with Gasteiger partial charge in [-0.1, -0.05) is 70.9 Å². The van der Waals surface area contributed by atoms with Crippen LogP contribution in [0.1, 0.15) is 98.0 Å². The predicted molar refractivity (Wildman–Crippen MR) is 129 cm³/mol. The maximum absolute atomic E-state index is 9.92. The Hall–Kier alpha value is -1.64. The Bertz CT molecular complexity index is 631. The van der Waals surface area contributed by atoms with Crippen LogP contribution in [0.4, 0.5) is 0 Å². The molecule has 3 nitrogen and oxygen atoms in total. The highest BCUT2D eigenvalue weighted by atomic mass is 16.5. The molecule has 0 saturated heterocycles. The molecule has 172 valence electrons. The van der Waals surface area contributed by atoms with E-state index in [0.717, 1.165) is 30.2 Å². The molecule has 0 amide bonds. The molecule has 0 heterocycles. The molecule has 30 heavy (non-hydrogen) atoms. The van der Waals surface area contributed by atoms with Gasteiger partial charge in [0.25, 0.3) is 0 Å². The number of phenolic OH excluding ortho intramolecular Hbond substituents is 2. The lowest BCUT2D eigenvalue weighted by atomic mass is 9.90. The van der Waals surface area contributed by atoms with E-state index in [-0.39, 0.29) is 11.5 Å². The van der Waals surface area contributed by atoms with Crippen LogP contribution in [0, 0.1) is 17.8 Å². The van der Waals surface area contributed by atoms with Crippen LogP contribution >= 0.6 is 0 Å². The highest BCUT2D eigenvalue weighted by molar-refractivity contribution is 5.50. The summed E-state index contributed by atoms with van der Waals surface area (Å²) in [4.78, 5) is 0. The second-order valence-electron chi connectivity index (χ2n) is 9.73. The number of aryl methyl sites for hydroxylation is 1. The largest absolute Gasteiger partial charge is 0.508 e. The Balaban J connectivity index is 2.20. The number of hydrogen-bond acceptors (Lipinski definition) is 3. The zero-order valence-electron chi connectivity index (χ0n) is 20.3. The number of ether oxygens (including phenoxy) is 1. The fourth-order valence-corrected chi connectivity index (χ4v) is 4.20. The minimum Gasteiger partial charge on any atom is -0.508 e. The third kappa shape index (κ3) is 10.9. The molecule has 0 bridgehead atoms. The lowest BCUT2D eigenvalue weighted by Gasteiger charge is -2.16. The van der Waals surface area contributed by atoms with E-state index in [1.54, 1.807) is 13.2 Å². The molecular weight excluding hydrogens is 372 g/mol. The average Bonchev–Trinajstić information content (AvgIpc) is 2.65. The fourth-order valence-electron chi connectivity index (χ4n) is 4.20. The highest BCUT2D eigenvalue weighted by Gasteiger charge is 2.13. The van der Waals surface area contributed by atoms with Crippen molar-refractivity contribution in [2.45, 2.75) is 98.8 Å². The van der Waals surface area contributed by atoms with Gasteiger partial charge in [-0.05, 0) is 63.4 Å². The first kappa shape index (κ1) is 26.4. The van der Waals surface area contributed by atoms with Crippen LogP contribution in [0.2, 0.25) is 0 Å². The van der Waals surface area contributed by atoms with Crippen molar-refractivity contribution < 1.29 is 14.9 Å². The van der Waals surface area contributed by atoms with Gasteiger partial charge in [-0.2, -0.15) is 0 Å². The number of hydrogen-bond donors (Lipinski definition) is 2. The molecule has 0 aliphatic carbocycles. The van der Waals surface area contributed by atoms with Gasteiger partial charge >= 0.3 is 0 Å². The van der Waals surface area contributed by atoms with Crippen molar-refractivity contribution in [3.63, 3.8) is 0 Å². The minimum atomic E-state index is 0.0141. The summed E-state index contributed by atoms with van der Waals surface area (Å²) in [6.45, 7) is 11.5. The first-order chi connectivity index (χ1) is 14.2. The summed E-state index contributed by atoms with van der Waals surface area (Å²) in [6, 6.07) is 3.03. The Morgan fingerprint density at radius 3 is 1.93 bits per heavy atom. The number of aromatic hydroxyl groups is 2. The first-order valence-corrected chi connectivity index (χ1v) is 11.9. The van der Waals surface area contributed by atoms with Crippen molar-refractivity contribution in [3.8, 4) is 17.2 Å². The summed E-state index contributed by atoms with van der Waals surface area (Å²) in [6.07, 6.45) is 14.6. The monoisotopic (exact) mass is 418 g/mol. The molecule has 3 atom stereocenters. The topological polar surface area (TPSA) is 49.7 Å². The second kappa shape index (κ2) is 14.4. The highest BCUT2D eigenvalue weighted by Crippen LogP contribution is 2.35. The molecule has 0 aromatic heterocycles. The molecule has 0 spiro atoms. The number of rotatable bonds is 15. The molecular formula is C27H46O3. The molecule has 0 radical (unpaired) electrons. The molecule has 0 fully saturated rings. The van der Waals surface area contributed by atoms with E-state index in [1.165, 1.54) is 63.0 Å². The van der Waals surface area contributed by atoms with Crippen LogP contribution in [0.25, 0.3) is 0 Å². The van der Waals surface area contributed by atoms with Gasteiger partial charge in [0.1, 0.15) is 5.75 Å².